The van der Waals surface area contributed by atoms with Gasteiger partial charge in [0.25, 0.3) is 0 Å². The lowest BCUT2D eigenvalue weighted by Gasteiger charge is -2.27. The molecule has 1 aromatic heterocycles. The molecule has 0 radical (unpaired) electrons. The van der Waals surface area contributed by atoms with Gasteiger partial charge >= 0.3 is 6.03 Å². The zero-order valence-electron chi connectivity index (χ0n) is 19.0. The third-order valence-corrected chi connectivity index (χ3v) is 6.38. The number of para-hydroxylation sites is 1. The summed E-state index contributed by atoms with van der Waals surface area (Å²) < 4.78 is 0. The van der Waals surface area contributed by atoms with Crippen molar-refractivity contribution in [2.75, 3.05) is 22.1 Å². The Kier molecular flexibility index (Phi) is 6.14. The molecule has 2 aliphatic heterocycles. The number of amides is 4. The predicted molar refractivity (Wildman–Crippen MR) is 132 cm³/mol. The van der Waals surface area contributed by atoms with Crippen LogP contribution in [0.3, 0.4) is 0 Å². The van der Waals surface area contributed by atoms with Crippen LogP contribution in [0.4, 0.5) is 22.0 Å². The zero-order chi connectivity index (χ0) is 24.5. The normalized spacial score (nSPS) is 17.4. The Bertz CT molecular complexity index is 1290. The standard InChI is InChI=1S/C24H24ClN7O3/c1-14(33)26-23-21-19(28-29-23)13-32(30-24(35)27-18-6-3-2-5-17(18)25)22(21)15-8-10-16(11-9-15)31-12-4-7-20(31)34/h2-3,5-6,8-11,22H,4,7,12-13H2,1H3,(H2,27,30,35)(H2,26,28,29,33). The quantitative estimate of drug-likeness (QED) is 0.430. The first-order valence-electron chi connectivity index (χ1n) is 11.2. The van der Waals surface area contributed by atoms with Gasteiger partial charge in [0.05, 0.1) is 29.0 Å². The van der Waals surface area contributed by atoms with Gasteiger partial charge in [0.15, 0.2) is 5.82 Å². The molecule has 1 saturated heterocycles. The summed E-state index contributed by atoms with van der Waals surface area (Å²) in [5.74, 6) is 0.277. The Labute approximate surface area is 206 Å². The van der Waals surface area contributed by atoms with Gasteiger partial charge < -0.3 is 15.5 Å². The van der Waals surface area contributed by atoms with E-state index >= 15 is 0 Å². The number of urea groups is 1. The van der Waals surface area contributed by atoms with Crippen LogP contribution in [-0.2, 0) is 16.1 Å². The number of nitrogens with one attached hydrogen (secondary N) is 4. The van der Waals surface area contributed by atoms with Crippen LogP contribution in [0.25, 0.3) is 0 Å². The maximum atomic E-state index is 12.8. The summed E-state index contributed by atoms with van der Waals surface area (Å²) in [5, 5.41) is 14.9. The second kappa shape index (κ2) is 9.40. The van der Waals surface area contributed by atoms with Crippen molar-refractivity contribution in [1.29, 1.82) is 0 Å². The molecule has 0 aliphatic carbocycles. The molecule has 4 N–H and O–H groups in total. The van der Waals surface area contributed by atoms with Gasteiger partial charge in [0.1, 0.15) is 0 Å². The predicted octanol–water partition coefficient (Wildman–Crippen LogP) is 3.79. The van der Waals surface area contributed by atoms with Crippen molar-refractivity contribution >= 4 is 46.6 Å². The van der Waals surface area contributed by atoms with Crippen molar-refractivity contribution in [3.05, 3.63) is 70.4 Å². The van der Waals surface area contributed by atoms with Crippen molar-refractivity contribution in [3.8, 4) is 0 Å². The summed E-state index contributed by atoms with van der Waals surface area (Å²) in [6, 6.07) is 13.7. The van der Waals surface area contributed by atoms with E-state index in [1.54, 1.807) is 34.2 Å². The van der Waals surface area contributed by atoms with Crippen molar-refractivity contribution in [3.63, 3.8) is 0 Å². The number of hydrazine groups is 1. The number of benzene rings is 2. The monoisotopic (exact) mass is 493 g/mol. The Hall–Kier alpha value is -3.89. The number of aromatic amines is 1. The average molecular weight is 494 g/mol. The molecule has 1 fully saturated rings. The van der Waals surface area contributed by atoms with Gasteiger partial charge in [-0.05, 0) is 36.2 Å². The minimum atomic E-state index is -0.457. The van der Waals surface area contributed by atoms with Crippen LogP contribution in [0, 0.1) is 0 Å². The van der Waals surface area contributed by atoms with E-state index in [-0.39, 0.29) is 11.8 Å². The van der Waals surface area contributed by atoms with Crippen molar-refractivity contribution in [2.45, 2.75) is 32.4 Å². The van der Waals surface area contributed by atoms with E-state index in [0.717, 1.165) is 28.9 Å². The average Bonchev–Trinajstić information content (AvgIpc) is 3.51. The number of fused-ring (bicyclic) bond motifs is 1. The number of hydrogen-bond acceptors (Lipinski definition) is 5. The summed E-state index contributed by atoms with van der Waals surface area (Å²) in [4.78, 5) is 38.5. The molecule has 0 bridgehead atoms. The lowest BCUT2D eigenvalue weighted by atomic mass is 10.0. The first-order valence-corrected chi connectivity index (χ1v) is 11.6. The lowest BCUT2D eigenvalue weighted by Crippen LogP contribution is -2.43. The zero-order valence-corrected chi connectivity index (χ0v) is 19.7. The number of halogens is 1. The van der Waals surface area contributed by atoms with Crippen LogP contribution < -0.4 is 21.0 Å². The Morgan fingerprint density at radius 1 is 1.11 bits per heavy atom. The van der Waals surface area contributed by atoms with Crippen LogP contribution in [0.5, 0.6) is 0 Å². The molecule has 4 amide bonds. The summed E-state index contributed by atoms with van der Waals surface area (Å²) >= 11 is 6.18. The molecule has 35 heavy (non-hydrogen) atoms. The molecular formula is C24H24ClN7O3. The van der Waals surface area contributed by atoms with Crippen molar-refractivity contribution in [2.24, 2.45) is 0 Å². The fourth-order valence-corrected chi connectivity index (χ4v) is 4.72. The smallest absolute Gasteiger partial charge is 0.312 e. The number of H-pyrrole nitrogens is 1. The molecule has 5 rings (SSSR count). The van der Waals surface area contributed by atoms with Gasteiger partial charge in [-0.2, -0.15) is 5.10 Å². The Morgan fingerprint density at radius 2 is 1.89 bits per heavy atom. The number of carbonyl (C=O) groups excluding carboxylic acids is 3. The first kappa shape index (κ1) is 22.9. The second-order valence-electron chi connectivity index (χ2n) is 8.46. The number of nitrogens with zero attached hydrogens (tertiary/aromatic N) is 3. The molecule has 10 nitrogen and oxygen atoms in total. The van der Waals surface area contributed by atoms with Crippen LogP contribution in [0.15, 0.2) is 48.5 Å². The van der Waals surface area contributed by atoms with Crippen LogP contribution in [0.2, 0.25) is 5.02 Å². The molecule has 11 heteroatoms. The van der Waals surface area contributed by atoms with Gasteiger partial charge in [-0.1, -0.05) is 35.9 Å². The van der Waals surface area contributed by atoms with Gasteiger partial charge in [0, 0.05) is 31.1 Å². The van der Waals surface area contributed by atoms with E-state index in [4.69, 9.17) is 11.6 Å². The molecule has 2 aliphatic rings. The number of anilines is 3. The third kappa shape index (κ3) is 4.58. The molecule has 0 spiro atoms. The van der Waals surface area contributed by atoms with E-state index in [1.807, 2.05) is 24.3 Å². The largest absolute Gasteiger partial charge is 0.333 e. The second-order valence-corrected chi connectivity index (χ2v) is 8.87. The fourth-order valence-electron chi connectivity index (χ4n) is 4.53. The lowest BCUT2D eigenvalue weighted by molar-refractivity contribution is -0.117. The number of rotatable bonds is 5. The van der Waals surface area contributed by atoms with E-state index in [9.17, 15) is 14.4 Å². The van der Waals surface area contributed by atoms with Gasteiger partial charge in [-0.3, -0.25) is 20.1 Å². The minimum absolute atomic E-state index is 0.114. The Balaban J connectivity index is 1.43. The highest BCUT2D eigenvalue weighted by Crippen LogP contribution is 2.41. The molecular weight excluding hydrogens is 470 g/mol. The summed E-state index contributed by atoms with van der Waals surface area (Å²) in [6.45, 7) is 2.46. The highest BCUT2D eigenvalue weighted by atomic mass is 35.5. The van der Waals surface area contributed by atoms with E-state index in [2.05, 4.69) is 26.3 Å². The van der Waals surface area contributed by atoms with Crippen LogP contribution in [-0.4, -0.2) is 39.6 Å². The maximum Gasteiger partial charge on any atom is 0.333 e. The highest BCUT2D eigenvalue weighted by molar-refractivity contribution is 6.33. The molecule has 1 unspecified atom stereocenters. The first-order chi connectivity index (χ1) is 16.9. The van der Waals surface area contributed by atoms with Gasteiger partial charge in [-0.15, -0.1) is 0 Å². The van der Waals surface area contributed by atoms with Gasteiger partial charge in [0.2, 0.25) is 11.8 Å². The maximum absolute atomic E-state index is 12.8. The molecule has 3 heterocycles. The van der Waals surface area contributed by atoms with Crippen LogP contribution >= 0.6 is 11.6 Å². The van der Waals surface area contributed by atoms with E-state index in [0.29, 0.717) is 36.0 Å². The summed E-state index contributed by atoms with van der Waals surface area (Å²) in [7, 11) is 0. The topological polar surface area (TPSA) is 122 Å². The molecule has 3 aromatic rings. The van der Waals surface area contributed by atoms with Crippen molar-refractivity contribution < 1.29 is 14.4 Å². The summed E-state index contributed by atoms with van der Waals surface area (Å²) in [6.07, 6.45) is 1.40. The summed E-state index contributed by atoms with van der Waals surface area (Å²) in [5.41, 5.74) is 6.62. The Morgan fingerprint density at radius 3 is 2.57 bits per heavy atom. The van der Waals surface area contributed by atoms with Crippen molar-refractivity contribution in [1.82, 2.24) is 20.6 Å². The minimum Gasteiger partial charge on any atom is -0.312 e. The van der Waals surface area contributed by atoms with E-state index in [1.165, 1.54) is 6.92 Å². The SMILES string of the molecule is CC(=O)Nc1n[nH]c2c1C(c1ccc(N3CCCC3=O)cc1)N(NC(=O)Nc1ccccc1Cl)C2. The fraction of sp³-hybridized carbons (Fsp3) is 0.250. The highest BCUT2D eigenvalue weighted by Gasteiger charge is 2.38. The number of carbonyl (C=O) groups is 3. The number of aromatic nitrogens is 2. The molecule has 2 aromatic carbocycles. The molecule has 180 valence electrons. The molecule has 0 saturated carbocycles. The van der Waals surface area contributed by atoms with E-state index < -0.39 is 12.1 Å². The third-order valence-electron chi connectivity index (χ3n) is 6.05. The number of hydrogen-bond donors (Lipinski definition) is 4. The van der Waals surface area contributed by atoms with Gasteiger partial charge in [-0.25, -0.2) is 9.80 Å². The van der Waals surface area contributed by atoms with Crippen LogP contribution in [0.1, 0.15) is 42.6 Å². The molecule has 1 atom stereocenters.